The van der Waals surface area contributed by atoms with Crippen LogP contribution in [0.1, 0.15) is 60.3 Å². The zero-order valence-corrected chi connectivity index (χ0v) is 19.0. The summed E-state index contributed by atoms with van der Waals surface area (Å²) in [6, 6.07) is 10.4. The summed E-state index contributed by atoms with van der Waals surface area (Å²) in [7, 11) is 0. The van der Waals surface area contributed by atoms with Crippen LogP contribution in [0.25, 0.3) is 0 Å². The normalized spacial score (nSPS) is 22.8. The molecule has 6 nitrogen and oxygen atoms in total. The third-order valence-electron chi connectivity index (χ3n) is 7.64. The molecule has 0 radical (unpaired) electrons. The van der Waals surface area contributed by atoms with Gasteiger partial charge in [-0.15, -0.1) is 0 Å². The molecule has 2 aliphatic heterocycles. The van der Waals surface area contributed by atoms with Crippen LogP contribution in [0, 0.1) is 5.92 Å². The van der Waals surface area contributed by atoms with Crippen molar-refractivity contribution in [3.8, 4) is 0 Å². The standard InChI is InChI=1S/C26H32N4O2/c1-17(2)30-11-8-18(9-12-30)7-10-27-24(31)23-13-19-14-26(15-20(19)16-28-23)21-5-3-4-6-22(21)29-25(26)32/h3-6,13,16-18H,7-12,14-15H2,1-2H3,(H,27,31)(H,29,32). The van der Waals surface area contributed by atoms with Crippen LogP contribution in [-0.2, 0) is 23.1 Å². The summed E-state index contributed by atoms with van der Waals surface area (Å²) in [5.74, 6) is 0.605. The summed E-state index contributed by atoms with van der Waals surface area (Å²) in [6.45, 7) is 7.50. The van der Waals surface area contributed by atoms with Gasteiger partial charge in [0.15, 0.2) is 0 Å². The molecular formula is C26H32N4O2. The van der Waals surface area contributed by atoms with Gasteiger partial charge in [-0.2, -0.15) is 0 Å². The van der Waals surface area contributed by atoms with Crippen molar-refractivity contribution < 1.29 is 9.59 Å². The highest BCUT2D eigenvalue weighted by Crippen LogP contribution is 2.47. The number of anilines is 1. The van der Waals surface area contributed by atoms with Crippen LogP contribution in [0.3, 0.4) is 0 Å². The molecule has 2 aromatic rings. The Hall–Kier alpha value is -2.73. The third kappa shape index (κ3) is 3.71. The molecule has 1 unspecified atom stereocenters. The van der Waals surface area contributed by atoms with Gasteiger partial charge in [0.1, 0.15) is 5.69 Å². The van der Waals surface area contributed by atoms with Gasteiger partial charge in [-0.05, 0) is 93.8 Å². The molecule has 6 heteroatoms. The number of nitrogens with zero attached hydrogens (tertiary/aromatic N) is 2. The maximum absolute atomic E-state index is 12.9. The van der Waals surface area contributed by atoms with E-state index in [4.69, 9.17) is 0 Å². The lowest BCUT2D eigenvalue weighted by Crippen LogP contribution is -2.39. The molecule has 2 amide bonds. The molecule has 1 spiro atoms. The van der Waals surface area contributed by atoms with E-state index in [-0.39, 0.29) is 11.8 Å². The van der Waals surface area contributed by atoms with Gasteiger partial charge in [-0.25, -0.2) is 0 Å². The molecule has 1 aromatic carbocycles. The summed E-state index contributed by atoms with van der Waals surface area (Å²) in [5.41, 5.74) is 3.94. The molecule has 32 heavy (non-hydrogen) atoms. The summed E-state index contributed by atoms with van der Waals surface area (Å²) in [5, 5.41) is 6.09. The quantitative estimate of drug-likeness (QED) is 0.760. The number of carbonyl (C=O) groups excluding carboxylic acids is 2. The van der Waals surface area contributed by atoms with E-state index in [9.17, 15) is 9.59 Å². The molecule has 3 heterocycles. The van der Waals surface area contributed by atoms with E-state index >= 15 is 0 Å². The molecular weight excluding hydrogens is 400 g/mol. The first-order chi connectivity index (χ1) is 15.5. The molecule has 5 rings (SSSR count). The SMILES string of the molecule is CC(C)N1CCC(CCNC(=O)c2cc3c(cn2)CC2(C3)C(=O)Nc3ccccc32)CC1. The molecule has 2 N–H and O–H groups in total. The fourth-order valence-electron chi connectivity index (χ4n) is 5.65. The molecule has 0 saturated carbocycles. The first-order valence-corrected chi connectivity index (χ1v) is 11.9. The summed E-state index contributed by atoms with van der Waals surface area (Å²) in [4.78, 5) is 32.6. The minimum Gasteiger partial charge on any atom is -0.351 e. The number of benzene rings is 1. The molecule has 3 aliphatic rings. The van der Waals surface area contributed by atoms with E-state index in [0.29, 0.717) is 37.0 Å². The van der Waals surface area contributed by atoms with E-state index < -0.39 is 5.41 Å². The van der Waals surface area contributed by atoms with E-state index in [0.717, 1.165) is 41.9 Å². The second-order valence-corrected chi connectivity index (χ2v) is 9.89. The van der Waals surface area contributed by atoms with Gasteiger partial charge in [0.2, 0.25) is 5.91 Å². The molecule has 1 atom stereocenters. The van der Waals surface area contributed by atoms with E-state index in [1.165, 1.54) is 12.8 Å². The van der Waals surface area contributed by atoms with Gasteiger partial charge in [-0.1, -0.05) is 18.2 Å². The first kappa shape index (κ1) is 21.1. The number of carbonyl (C=O) groups is 2. The molecule has 1 fully saturated rings. The molecule has 1 aromatic heterocycles. The van der Waals surface area contributed by atoms with Gasteiger partial charge < -0.3 is 15.5 Å². The minimum absolute atomic E-state index is 0.0458. The summed E-state index contributed by atoms with van der Waals surface area (Å²) in [6.07, 6.45) is 6.46. The fraction of sp³-hybridized carbons (Fsp3) is 0.500. The number of hydrogen-bond donors (Lipinski definition) is 2. The predicted octanol–water partition coefficient (Wildman–Crippen LogP) is 3.31. The smallest absolute Gasteiger partial charge is 0.269 e. The number of rotatable bonds is 5. The number of aromatic nitrogens is 1. The largest absolute Gasteiger partial charge is 0.351 e. The minimum atomic E-state index is -0.569. The van der Waals surface area contributed by atoms with Crippen LogP contribution in [0.15, 0.2) is 36.5 Å². The van der Waals surface area contributed by atoms with E-state index in [1.807, 2.05) is 30.3 Å². The number of nitrogens with one attached hydrogen (secondary N) is 2. The van der Waals surface area contributed by atoms with Crippen molar-refractivity contribution in [1.29, 1.82) is 0 Å². The maximum atomic E-state index is 12.9. The predicted molar refractivity (Wildman–Crippen MR) is 125 cm³/mol. The Bertz CT molecular complexity index is 1040. The van der Waals surface area contributed by atoms with Crippen LogP contribution < -0.4 is 10.6 Å². The van der Waals surface area contributed by atoms with Gasteiger partial charge in [0.05, 0.1) is 5.41 Å². The highest BCUT2D eigenvalue weighted by molar-refractivity contribution is 6.07. The zero-order chi connectivity index (χ0) is 22.3. The molecule has 0 bridgehead atoms. The molecule has 1 aliphatic carbocycles. The second kappa shape index (κ2) is 8.32. The van der Waals surface area contributed by atoms with Gasteiger partial charge in [0, 0.05) is 24.5 Å². The lowest BCUT2D eigenvalue weighted by molar-refractivity contribution is -0.120. The van der Waals surface area contributed by atoms with Gasteiger partial charge >= 0.3 is 0 Å². The number of hydrogen-bond acceptors (Lipinski definition) is 4. The average molecular weight is 433 g/mol. The number of para-hydroxylation sites is 1. The first-order valence-electron chi connectivity index (χ1n) is 11.9. The Balaban J connectivity index is 1.20. The van der Waals surface area contributed by atoms with E-state index in [1.54, 1.807) is 6.20 Å². The number of likely N-dealkylation sites (tertiary alicyclic amines) is 1. The van der Waals surface area contributed by atoms with Crippen LogP contribution in [0.4, 0.5) is 5.69 Å². The highest BCUT2D eigenvalue weighted by Gasteiger charge is 2.50. The van der Waals surface area contributed by atoms with Crippen LogP contribution in [-0.4, -0.2) is 47.4 Å². The van der Waals surface area contributed by atoms with Crippen LogP contribution >= 0.6 is 0 Å². The Morgan fingerprint density at radius 3 is 2.75 bits per heavy atom. The molecule has 168 valence electrons. The van der Waals surface area contributed by atoms with Gasteiger partial charge in [-0.3, -0.25) is 14.6 Å². The Morgan fingerprint density at radius 2 is 1.97 bits per heavy atom. The summed E-state index contributed by atoms with van der Waals surface area (Å²) >= 11 is 0. The van der Waals surface area contributed by atoms with Crippen LogP contribution in [0.2, 0.25) is 0 Å². The molecule has 1 saturated heterocycles. The Kier molecular flexibility index (Phi) is 5.49. The zero-order valence-electron chi connectivity index (χ0n) is 19.0. The van der Waals surface area contributed by atoms with Crippen molar-refractivity contribution >= 4 is 17.5 Å². The van der Waals surface area contributed by atoms with Crippen molar-refractivity contribution in [2.75, 3.05) is 25.0 Å². The third-order valence-corrected chi connectivity index (χ3v) is 7.64. The fourth-order valence-corrected chi connectivity index (χ4v) is 5.65. The lowest BCUT2D eigenvalue weighted by Gasteiger charge is -2.34. The Morgan fingerprint density at radius 1 is 1.22 bits per heavy atom. The van der Waals surface area contributed by atoms with Crippen molar-refractivity contribution in [3.63, 3.8) is 0 Å². The Labute approximate surface area is 189 Å². The highest BCUT2D eigenvalue weighted by atomic mass is 16.2. The van der Waals surface area contributed by atoms with Crippen molar-refractivity contribution in [2.45, 2.75) is 57.4 Å². The topological polar surface area (TPSA) is 74.3 Å². The number of piperidine rings is 1. The second-order valence-electron chi connectivity index (χ2n) is 9.89. The lowest BCUT2D eigenvalue weighted by atomic mass is 9.79. The van der Waals surface area contributed by atoms with Crippen molar-refractivity contribution in [2.24, 2.45) is 5.92 Å². The average Bonchev–Trinajstić information content (AvgIpc) is 3.31. The van der Waals surface area contributed by atoms with Crippen molar-refractivity contribution in [3.05, 3.63) is 58.9 Å². The number of amides is 2. The van der Waals surface area contributed by atoms with Gasteiger partial charge in [0.25, 0.3) is 5.91 Å². The number of pyridine rings is 1. The number of fused-ring (bicyclic) bond motifs is 3. The monoisotopic (exact) mass is 432 g/mol. The van der Waals surface area contributed by atoms with Crippen LogP contribution in [0.5, 0.6) is 0 Å². The summed E-state index contributed by atoms with van der Waals surface area (Å²) < 4.78 is 0. The maximum Gasteiger partial charge on any atom is 0.269 e. The van der Waals surface area contributed by atoms with E-state index in [2.05, 4.69) is 34.4 Å². The van der Waals surface area contributed by atoms with Crippen molar-refractivity contribution in [1.82, 2.24) is 15.2 Å².